The van der Waals surface area contributed by atoms with Gasteiger partial charge in [0.25, 0.3) is 5.91 Å². The molecule has 1 amide bonds. The number of anilines is 2. The summed E-state index contributed by atoms with van der Waals surface area (Å²) in [5.74, 6) is -1.31. The normalized spacial score (nSPS) is 10.9. The second-order valence-electron chi connectivity index (χ2n) is 7.34. The summed E-state index contributed by atoms with van der Waals surface area (Å²) in [6.45, 7) is 3.01. The Morgan fingerprint density at radius 3 is 2.70 bits per heavy atom. The van der Waals surface area contributed by atoms with E-state index in [4.69, 9.17) is 4.74 Å². The molecule has 0 saturated heterocycles. The molecule has 0 aliphatic rings. The predicted octanol–water partition coefficient (Wildman–Crippen LogP) is 5.32. The minimum Gasteiger partial charge on any atom is -0.435 e. The summed E-state index contributed by atoms with van der Waals surface area (Å²) in [7, 11) is 1.64. The Bertz CT molecular complexity index is 1450. The highest BCUT2D eigenvalue weighted by Crippen LogP contribution is 2.32. The maximum atomic E-state index is 14.6. The molecule has 0 aliphatic carbocycles. The van der Waals surface area contributed by atoms with Crippen LogP contribution in [0.5, 0.6) is 17.4 Å². The van der Waals surface area contributed by atoms with Crippen LogP contribution < -0.4 is 20.1 Å². The van der Waals surface area contributed by atoms with Gasteiger partial charge in [0, 0.05) is 36.6 Å². The summed E-state index contributed by atoms with van der Waals surface area (Å²) in [6.07, 6.45) is -0.481. The van der Waals surface area contributed by atoms with Gasteiger partial charge in [0.15, 0.2) is 17.4 Å². The molecule has 4 aromatic rings. The number of carbonyl (C=O) groups is 1. The van der Waals surface area contributed by atoms with Crippen molar-refractivity contribution in [2.45, 2.75) is 6.11 Å². The smallest absolute Gasteiger partial charge is 0.419 e. The van der Waals surface area contributed by atoms with Crippen molar-refractivity contribution in [3.8, 4) is 28.8 Å². The second kappa shape index (κ2) is 10.7. The van der Waals surface area contributed by atoms with Crippen molar-refractivity contribution in [2.75, 3.05) is 17.7 Å². The zero-order valence-corrected chi connectivity index (χ0v) is 19.3. The Kier molecular flexibility index (Phi) is 7.28. The molecule has 0 spiro atoms. The summed E-state index contributed by atoms with van der Waals surface area (Å²) in [4.78, 5) is 29.2. The van der Waals surface area contributed by atoms with Gasteiger partial charge in [-0.2, -0.15) is 13.8 Å². The van der Waals surface area contributed by atoms with Gasteiger partial charge in [-0.05, 0) is 42.5 Å². The van der Waals surface area contributed by atoms with Crippen LogP contribution in [0.15, 0.2) is 79.8 Å². The maximum Gasteiger partial charge on any atom is 0.419 e. The van der Waals surface area contributed by atoms with Crippen molar-refractivity contribution >= 4 is 17.5 Å². The lowest BCUT2D eigenvalue weighted by atomic mass is 10.2. The second-order valence-corrected chi connectivity index (χ2v) is 7.34. The van der Waals surface area contributed by atoms with Gasteiger partial charge < -0.3 is 20.1 Å². The van der Waals surface area contributed by atoms with E-state index in [0.717, 1.165) is 6.07 Å². The van der Waals surface area contributed by atoms with Crippen molar-refractivity contribution < 1.29 is 27.4 Å². The van der Waals surface area contributed by atoms with Crippen molar-refractivity contribution in [1.29, 1.82) is 0 Å². The van der Waals surface area contributed by atoms with E-state index in [1.165, 1.54) is 48.9 Å². The van der Waals surface area contributed by atoms with Gasteiger partial charge in [-0.1, -0.05) is 12.6 Å². The quantitative estimate of drug-likeness (QED) is 0.293. The fourth-order valence-electron chi connectivity index (χ4n) is 3.06. The molecule has 188 valence electrons. The Morgan fingerprint density at radius 1 is 1.08 bits per heavy atom. The number of hydrogen-bond donors (Lipinski definition) is 2. The molecule has 0 fully saturated rings. The minimum absolute atomic E-state index is 0.000193. The number of ether oxygens (including phenoxy) is 2. The van der Waals surface area contributed by atoms with Crippen LogP contribution in [0.25, 0.3) is 11.4 Å². The van der Waals surface area contributed by atoms with Gasteiger partial charge in [0.2, 0.25) is 11.8 Å². The van der Waals surface area contributed by atoms with Crippen LogP contribution in [0.1, 0.15) is 10.4 Å². The lowest BCUT2D eigenvalue weighted by Crippen LogP contribution is -2.21. The highest BCUT2D eigenvalue weighted by Gasteiger charge is 2.26. The van der Waals surface area contributed by atoms with Gasteiger partial charge >= 0.3 is 6.11 Å². The number of hydrogen-bond acceptors (Lipinski definition) is 8. The zero-order chi connectivity index (χ0) is 26.4. The average Bonchev–Trinajstić information content (AvgIpc) is 2.90. The molecule has 2 heterocycles. The van der Waals surface area contributed by atoms with Crippen LogP contribution in [0.2, 0.25) is 0 Å². The van der Waals surface area contributed by atoms with E-state index < -0.39 is 17.8 Å². The van der Waals surface area contributed by atoms with E-state index >= 15 is 0 Å². The van der Waals surface area contributed by atoms with Crippen LogP contribution in [0.4, 0.5) is 24.8 Å². The molecule has 4 rings (SSSR count). The fourth-order valence-corrected chi connectivity index (χ4v) is 3.06. The number of nitrogens with zero attached hydrogens (tertiary/aromatic N) is 4. The largest absolute Gasteiger partial charge is 0.435 e. The fraction of sp³-hybridized carbons (Fsp3) is 0.0800. The highest BCUT2D eigenvalue weighted by atomic mass is 19.3. The molecule has 0 saturated carbocycles. The SMILES string of the molecule is C=CC(F)(F)Oc1cccc(NC(=O)c2ccc(F)c(Oc3ncccc3-c3ncnc(NC)n3)c2)c1. The molecule has 37 heavy (non-hydrogen) atoms. The molecular formula is C25H19F3N6O3. The van der Waals surface area contributed by atoms with E-state index in [-0.39, 0.29) is 34.5 Å². The van der Waals surface area contributed by atoms with Gasteiger partial charge in [-0.25, -0.2) is 19.3 Å². The zero-order valence-electron chi connectivity index (χ0n) is 19.3. The van der Waals surface area contributed by atoms with E-state index in [2.05, 4.69) is 41.9 Å². The summed E-state index contributed by atoms with van der Waals surface area (Å²) in [5.41, 5.74) is 0.578. The van der Waals surface area contributed by atoms with Crippen molar-refractivity contribution in [3.05, 3.63) is 91.2 Å². The number of benzene rings is 2. The van der Waals surface area contributed by atoms with Gasteiger partial charge in [-0.3, -0.25) is 4.79 Å². The lowest BCUT2D eigenvalue weighted by Gasteiger charge is -2.15. The molecule has 0 atom stereocenters. The van der Waals surface area contributed by atoms with E-state index in [1.54, 1.807) is 19.2 Å². The summed E-state index contributed by atoms with van der Waals surface area (Å²) in [6, 6.07) is 12.2. The monoisotopic (exact) mass is 508 g/mol. The summed E-state index contributed by atoms with van der Waals surface area (Å²) >= 11 is 0. The average molecular weight is 508 g/mol. The van der Waals surface area contributed by atoms with Crippen LogP contribution in [-0.4, -0.2) is 39.0 Å². The molecule has 2 aromatic heterocycles. The molecular weight excluding hydrogens is 489 g/mol. The Morgan fingerprint density at radius 2 is 1.92 bits per heavy atom. The number of halogens is 3. The number of alkyl halides is 2. The first-order valence-corrected chi connectivity index (χ1v) is 10.7. The standard InChI is InChI=1S/C25H19F3N6O3/c1-3-25(27,28)37-17-7-4-6-16(13-17)33-22(35)15-9-10-19(26)20(12-15)36-23-18(8-5-11-30-23)21-31-14-32-24(29-2)34-21/h3-14H,1H2,2H3,(H,33,35)(H,29,31,32,34). The minimum atomic E-state index is -3.58. The van der Waals surface area contributed by atoms with Crippen molar-refractivity contribution in [1.82, 2.24) is 19.9 Å². The van der Waals surface area contributed by atoms with Gasteiger partial charge in [-0.15, -0.1) is 0 Å². The molecule has 2 aromatic carbocycles. The Balaban J connectivity index is 1.56. The molecule has 0 radical (unpaired) electrons. The van der Waals surface area contributed by atoms with Crippen LogP contribution in [0, 0.1) is 5.82 Å². The number of rotatable bonds is 9. The van der Waals surface area contributed by atoms with Crippen molar-refractivity contribution in [3.63, 3.8) is 0 Å². The molecule has 9 nitrogen and oxygen atoms in total. The Labute approximate surface area is 209 Å². The first-order chi connectivity index (χ1) is 17.8. The summed E-state index contributed by atoms with van der Waals surface area (Å²) < 4.78 is 51.7. The lowest BCUT2D eigenvalue weighted by molar-refractivity contribution is -0.131. The van der Waals surface area contributed by atoms with E-state index in [9.17, 15) is 18.0 Å². The number of carbonyl (C=O) groups excluding carboxylic acids is 1. The highest BCUT2D eigenvalue weighted by molar-refractivity contribution is 6.04. The third-order valence-electron chi connectivity index (χ3n) is 4.79. The first-order valence-electron chi connectivity index (χ1n) is 10.7. The molecule has 0 bridgehead atoms. The van der Waals surface area contributed by atoms with Crippen LogP contribution >= 0.6 is 0 Å². The predicted molar refractivity (Wildman–Crippen MR) is 129 cm³/mol. The van der Waals surface area contributed by atoms with E-state index in [0.29, 0.717) is 17.6 Å². The first kappa shape index (κ1) is 25.1. The molecule has 2 N–H and O–H groups in total. The maximum absolute atomic E-state index is 14.6. The topological polar surface area (TPSA) is 111 Å². The number of amides is 1. The third-order valence-corrected chi connectivity index (χ3v) is 4.79. The van der Waals surface area contributed by atoms with Gasteiger partial charge in [0.05, 0.1) is 5.56 Å². The molecule has 0 aliphatic heterocycles. The third kappa shape index (κ3) is 6.17. The number of pyridine rings is 1. The Hall–Kier alpha value is -5.00. The number of nitrogens with one attached hydrogen (secondary N) is 2. The number of aromatic nitrogens is 4. The summed E-state index contributed by atoms with van der Waals surface area (Å²) in [5, 5.41) is 5.34. The van der Waals surface area contributed by atoms with Crippen LogP contribution in [0.3, 0.4) is 0 Å². The molecule has 0 unspecified atom stereocenters. The van der Waals surface area contributed by atoms with Crippen molar-refractivity contribution in [2.24, 2.45) is 0 Å². The van der Waals surface area contributed by atoms with E-state index in [1.807, 2.05) is 0 Å². The molecule has 12 heteroatoms. The van der Waals surface area contributed by atoms with Gasteiger partial charge in [0.1, 0.15) is 12.1 Å². The van der Waals surface area contributed by atoms with Crippen LogP contribution in [-0.2, 0) is 0 Å².